The van der Waals surface area contributed by atoms with Gasteiger partial charge in [0.25, 0.3) is 0 Å². The highest BCUT2D eigenvalue weighted by molar-refractivity contribution is 5.76. The minimum Gasteiger partial charge on any atom is -0.469 e. The summed E-state index contributed by atoms with van der Waals surface area (Å²) >= 11 is 0. The average Bonchev–Trinajstić information content (AvgIpc) is 2.99. The number of rotatable bonds is 7. The van der Waals surface area contributed by atoms with Gasteiger partial charge in [-0.3, -0.25) is 4.79 Å². The maximum atomic E-state index is 12.8. The Morgan fingerprint density at radius 1 is 1.32 bits per heavy atom. The van der Waals surface area contributed by atoms with E-state index in [2.05, 4.69) is 5.32 Å². The zero-order chi connectivity index (χ0) is 15.9. The number of aliphatic hydroxyl groups is 1. The van der Waals surface area contributed by atoms with Crippen molar-refractivity contribution in [1.82, 2.24) is 5.32 Å². The smallest absolute Gasteiger partial charge is 0.220 e. The molecule has 22 heavy (non-hydrogen) atoms. The largest absolute Gasteiger partial charge is 0.469 e. The van der Waals surface area contributed by atoms with Crippen LogP contribution in [0.3, 0.4) is 0 Å². The molecule has 1 amide bonds. The number of aryl methyl sites for hydroxylation is 1. The van der Waals surface area contributed by atoms with Crippen molar-refractivity contribution in [3.8, 4) is 0 Å². The zero-order valence-corrected chi connectivity index (χ0v) is 12.5. The van der Waals surface area contributed by atoms with Crippen LogP contribution in [0.5, 0.6) is 0 Å². The molecule has 1 aromatic carbocycles. The first-order valence-electron chi connectivity index (χ1n) is 7.30. The second kappa shape index (κ2) is 7.75. The number of benzene rings is 1. The molecule has 0 bridgehead atoms. The van der Waals surface area contributed by atoms with E-state index in [9.17, 15) is 14.3 Å². The molecule has 118 valence electrons. The molecule has 2 aromatic rings. The molecule has 0 fully saturated rings. The summed E-state index contributed by atoms with van der Waals surface area (Å²) in [6.07, 6.45) is 2.10. The number of aliphatic hydroxyl groups excluding tert-OH is 1. The Balaban J connectivity index is 1.75. The standard InChI is InChI=1S/C17H20FNO3/c1-12(11-16(20)13-4-6-14(18)7-5-13)19-17(21)9-8-15-3-2-10-22-15/h2-7,10,12,16,20H,8-9,11H2,1H3,(H,19,21). The van der Waals surface area contributed by atoms with Crippen molar-refractivity contribution in [2.75, 3.05) is 0 Å². The predicted molar refractivity (Wildman–Crippen MR) is 80.6 cm³/mol. The van der Waals surface area contributed by atoms with E-state index in [1.165, 1.54) is 12.1 Å². The van der Waals surface area contributed by atoms with Crippen molar-refractivity contribution in [3.05, 3.63) is 59.8 Å². The molecule has 4 nitrogen and oxygen atoms in total. The fourth-order valence-corrected chi connectivity index (χ4v) is 2.25. The lowest BCUT2D eigenvalue weighted by atomic mass is 10.0. The van der Waals surface area contributed by atoms with E-state index in [0.29, 0.717) is 24.8 Å². The minimum atomic E-state index is -0.735. The second-order valence-electron chi connectivity index (χ2n) is 5.35. The van der Waals surface area contributed by atoms with Gasteiger partial charge in [-0.05, 0) is 43.2 Å². The fourth-order valence-electron chi connectivity index (χ4n) is 2.25. The average molecular weight is 305 g/mol. The molecule has 0 saturated heterocycles. The van der Waals surface area contributed by atoms with Crippen molar-refractivity contribution < 1.29 is 18.7 Å². The highest BCUT2D eigenvalue weighted by Gasteiger charge is 2.14. The molecule has 2 rings (SSSR count). The Hall–Kier alpha value is -2.14. The Bertz CT molecular complexity index is 580. The lowest BCUT2D eigenvalue weighted by Crippen LogP contribution is -2.33. The van der Waals surface area contributed by atoms with Crippen LogP contribution >= 0.6 is 0 Å². The molecule has 0 spiro atoms. The third-order valence-corrected chi connectivity index (χ3v) is 3.42. The maximum absolute atomic E-state index is 12.8. The van der Waals surface area contributed by atoms with E-state index < -0.39 is 6.10 Å². The van der Waals surface area contributed by atoms with Gasteiger partial charge < -0.3 is 14.8 Å². The van der Waals surface area contributed by atoms with Crippen LogP contribution in [0, 0.1) is 5.82 Å². The van der Waals surface area contributed by atoms with E-state index in [-0.39, 0.29) is 17.8 Å². The van der Waals surface area contributed by atoms with Crippen LogP contribution in [0.25, 0.3) is 0 Å². The summed E-state index contributed by atoms with van der Waals surface area (Å²) in [5.41, 5.74) is 0.637. The highest BCUT2D eigenvalue weighted by atomic mass is 19.1. The molecular formula is C17H20FNO3. The quantitative estimate of drug-likeness (QED) is 0.826. The van der Waals surface area contributed by atoms with Crippen LogP contribution in [-0.4, -0.2) is 17.1 Å². The van der Waals surface area contributed by atoms with Crippen LogP contribution in [-0.2, 0) is 11.2 Å². The SMILES string of the molecule is CC(CC(O)c1ccc(F)cc1)NC(=O)CCc1ccco1. The number of hydrogen-bond donors (Lipinski definition) is 2. The van der Waals surface area contributed by atoms with Crippen molar-refractivity contribution in [1.29, 1.82) is 0 Å². The topological polar surface area (TPSA) is 62.5 Å². The van der Waals surface area contributed by atoms with Gasteiger partial charge in [0.15, 0.2) is 0 Å². The van der Waals surface area contributed by atoms with Gasteiger partial charge in [-0.15, -0.1) is 0 Å². The van der Waals surface area contributed by atoms with E-state index >= 15 is 0 Å². The third kappa shape index (κ3) is 5.00. The van der Waals surface area contributed by atoms with Gasteiger partial charge in [0.05, 0.1) is 12.4 Å². The number of nitrogens with one attached hydrogen (secondary N) is 1. The van der Waals surface area contributed by atoms with Gasteiger partial charge in [-0.25, -0.2) is 4.39 Å². The first-order valence-corrected chi connectivity index (χ1v) is 7.30. The van der Waals surface area contributed by atoms with E-state index in [0.717, 1.165) is 5.76 Å². The third-order valence-electron chi connectivity index (χ3n) is 3.42. The summed E-state index contributed by atoms with van der Waals surface area (Å²) in [6.45, 7) is 1.83. The molecule has 0 saturated carbocycles. The van der Waals surface area contributed by atoms with Crippen LogP contribution in [0.4, 0.5) is 4.39 Å². The monoisotopic (exact) mass is 305 g/mol. The van der Waals surface area contributed by atoms with E-state index in [4.69, 9.17) is 4.42 Å². The van der Waals surface area contributed by atoms with Gasteiger partial charge in [-0.2, -0.15) is 0 Å². The molecule has 0 aliphatic carbocycles. The van der Waals surface area contributed by atoms with E-state index in [1.807, 2.05) is 13.0 Å². The van der Waals surface area contributed by atoms with Crippen LogP contribution in [0.1, 0.15) is 37.2 Å². The number of furan rings is 1. The van der Waals surface area contributed by atoms with Crippen LogP contribution in [0.2, 0.25) is 0 Å². The minimum absolute atomic E-state index is 0.0878. The number of halogens is 1. The lowest BCUT2D eigenvalue weighted by molar-refractivity contribution is -0.121. The summed E-state index contributed by atoms with van der Waals surface area (Å²) in [6, 6.07) is 9.15. The Morgan fingerprint density at radius 3 is 2.68 bits per heavy atom. The second-order valence-corrected chi connectivity index (χ2v) is 5.35. The molecule has 5 heteroatoms. The molecule has 2 atom stereocenters. The van der Waals surface area contributed by atoms with Gasteiger partial charge in [0.2, 0.25) is 5.91 Å². The van der Waals surface area contributed by atoms with Crippen molar-refractivity contribution in [2.24, 2.45) is 0 Å². The van der Waals surface area contributed by atoms with Gasteiger partial charge in [0.1, 0.15) is 11.6 Å². The van der Waals surface area contributed by atoms with Crippen LogP contribution < -0.4 is 5.32 Å². The summed E-state index contributed by atoms with van der Waals surface area (Å²) < 4.78 is 18.0. The number of carbonyl (C=O) groups excluding carboxylic acids is 1. The van der Waals surface area contributed by atoms with Crippen molar-refractivity contribution in [2.45, 2.75) is 38.3 Å². The van der Waals surface area contributed by atoms with Crippen molar-refractivity contribution in [3.63, 3.8) is 0 Å². The number of hydrogen-bond acceptors (Lipinski definition) is 3. The fraction of sp³-hybridized carbons (Fsp3) is 0.353. The Kier molecular flexibility index (Phi) is 5.72. The lowest BCUT2D eigenvalue weighted by Gasteiger charge is -2.18. The zero-order valence-electron chi connectivity index (χ0n) is 12.5. The van der Waals surface area contributed by atoms with E-state index in [1.54, 1.807) is 24.5 Å². The maximum Gasteiger partial charge on any atom is 0.220 e. The number of carbonyl (C=O) groups is 1. The molecule has 1 aromatic heterocycles. The summed E-state index contributed by atoms with van der Waals surface area (Å²) in [7, 11) is 0. The molecule has 0 aliphatic heterocycles. The molecule has 2 unspecified atom stereocenters. The van der Waals surface area contributed by atoms with Crippen molar-refractivity contribution >= 4 is 5.91 Å². The first-order chi connectivity index (χ1) is 10.5. The van der Waals surface area contributed by atoms with Gasteiger partial charge >= 0.3 is 0 Å². The Labute approximate surface area is 129 Å². The Morgan fingerprint density at radius 2 is 2.05 bits per heavy atom. The summed E-state index contributed by atoms with van der Waals surface area (Å²) in [4.78, 5) is 11.8. The van der Waals surface area contributed by atoms with Gasteiger partial charge in [0, 0.05) is 18.9 Å². The highest BCUT2D eigenvalue weighted by Crippen LogP contribution is 2.18. The molecular weight excluding hydrogens is 285 g/mol. The molecule has 2 N–H and O–H groups in total. The van der Waals surface area contributed by atoms with Gasteiger partial charge in [-0.1, -0.05) is 12.1 Å². The number of amides is 1. The summed E-state index contributed by atoms with van der Waals surface area (Å²) in [5.74, 6) is 0.347. The summed E-state index contributed by atoms with van der Waals surface area (Å²) in [5, 5.41) is 12.9. The molecule has 0 radical (unpaired) electrons. The molecule has 0 aliphatic rings. The van der Waals surface area contributed by atoms with Crippen LogP contribution in [0.15, 0.2) is 47.1 Å². The normalized spacial score (nSPS) is 13.6. The first kappa shape index (κ1) is 16.2. The predicted octanol–water partition coefficient (Wildman–Crippen LogP) is 2.98. The molecule has 1 heterocycles.